The van der Waals surface area contributed by atoms with Crippen molar-refractivity contribution in [1.82, 2.24) is 4.90 Å². The number of carbonyl (C=O) groups excluding carboxylic acids is 1. The van der Waals surface area contributed by atoms with E-state index in [4.69, 9.17) is 0 Å². The van der Waals surface area contributed by atoms with Gasteiger partial charge in [-0.05, 0) is 42.0 Å². The Hall–Kier alpha value is -2.24. The summed E-state index contributed by atoms with van der Waals surface area (Å²) in [5, 5.41) is 20.6. The normalized spacial score (nSPS) is 30.0. The summed E-state index contributed by atoms with van der Waals surface area (Å²) < 4.78 is 13.6. The molecule has 0 unspecified atom stereocenters. The monoisotopic (exact) mass is 355 g/mol. The number of hydrogen-bond donors (Lipinski definition) is 2. The van der Waals surface area contributed by atoms with Crippen LogP contribution < -0.4 is 0 Å². The number of carbonyl (C=O) groups is 1. The first kappa shape index (κ1) is 17.2. The van der Waals surface area contributed by atoms with Crippen molar-refractivity contribution >= 4 is 5.91 Å². The van der Waals surface area contributed by atoms with Crippen LogP contribution in [0, 0.1) is 24.1 Å². The van der Waals surface area contributed by atoms with Crippen molar-refractivity contribution in [2.75, 3.05) is 19.7 Å². The fourth-order valence-electron chi connectivity index (χ4n) is 4.72. The third kappa shape index (κ3) is 2.46. The number of nitrogens with zero attached hydrogens (tertiary/aromatic N) is 1. The molecule has 1 aliphatic carbocycles. The van der Waals surface area contributed by atoms with Gasteiger partial charge < -0.3 is 15.1 Å². The van der Waals surface area contributed by atoms with Crippen LogP contribution in [0.2, 0.25) is 0 Å². The van der Waals surface area contributed by atoms with Crippen LogP contribution >= 0.6 is 0 Å². The van der Waals surface area contributed by atoms with Gasteiger partial charge in [0.05, 0.1) is 6.10 Å². The summed E-state index contributed by atoms with van der Waals surface area (Å²) in [6, 6.07) is 14.0. The third-order valence-corrected chi connectivity index (χ3v) is 6.11. The van der Waals surface area contributed by atoms with Crippen LogP contribution in [0.1, 0.15) is 27.4 Å². The lowest BCUT2D eigenvalue weighted by Gasteiger charge is -2.18. The summed E-state index contributed by atoms with van der Waals surface area (Å²) in [6.07, 6.45) is -0.706. The molecule has 4 rings (SSSR count). The summed E-state index contributed by atoms with van der Waals surface area (Å²) in [5.74, 6) is -0.773. The van der Waals surface area contributed by atoms with Crippen LogP contribution in [0.5, 0.6) is 0 Å². The largest absolute Gasteiger partial charge is 0.396 e. The quantitative estimate of drug-likeness (QED) is 0.888. The Morgan fingerprint density at radius 2 is 2.00 bits per heavy atom. The maximum atomic E-state index is 13.6. The van der Waals surface area contributed by atoms with Gasteiger partial charge in [0, 0.05) is 30.7 Å². The third-order valence-electron chi connectivity index (χ3n) is 6.11. The van der Waals surface area contributed by atoms with E-state index in [9.17, 15) is 19.4 Å². The van der Waals surface area contributed by atoms with Crippen LogP contribution in [0.4, 0.5) is 4.39 Å². The Morgan fingerprint density at radius 3 is 2.69 bits per heavy atom. The number of likely N-dealkylation sites (tertiary alicyclic amines) is 1. The van der Waals surface area contributed by atoms with E-state index in [1.54, 1.807) is 17.9 Å². The topological polar surface area (TPSA) is 60.8 Å². The lowest BCUT2D eigenvalue weighted by molar-refractivity contribution is 0.0763. The van der Waals surface area contributed by atoms with Gasteiger partial charge in [-0.15, -0.1) is 0 Å². The highest BCUT2D eigenvalue weighted by Crippen LogP contribution is 2.68. The number of aliphatic hydroxyl groups is 2. The fraction of sp³-hybridized carbons (Fsp3) is 0.381. The lowest BCUT2D eigenvalue weighted by atomic mass is 9.95. The van der Waals surface area contributed by atoms with E-state index in [1.165, 1.54) is 12.1 Å². The van der Waals surface area contributed by atoms with Gasteiger partial charge in [0.1, 0.15) is 5.82 Å². The van der Waals surface area contributed by atoms with Crippen molar-refractivity contribution in [3.05, 3.63) is 71.0 Å². The van der Waals surface area contributed by atoms with Gasteiger partial charge >= 0.3 is 0 Å². The second-order valence-corrected chi connectivity index (χ2v) is 7.45. The van der Waals surface area contributed by atoms with Crippen molar-refractivity contribution in [3.63, 3.8) is 0 Å². The molecule has 2 aromatic rings. The standard InChI is InChI=1S/C21H22FNO3/c1-13-7-8-15(22)9-16(13)20(26)23-10-18(25)21(12-23)17(11-24)19(21)14-5-3-2-4-6-14/h2-9,17-19,24-25H,10-12H2,1H3/t17-,18-,19-,21-/m1/s1. The fourth-order valence-corrected chi connectivity index (χ4v) is 4.72. The van der Waals surface area contributed by atoms with Crippen molar-refractivity contribution < 1.29 is 19.4 Å². The Bertz CT molecular complexity index is 840. The second kappa shape index (κ2) is 6.18. The van der Waals surface area contributed by atoms with Crippen molar-refractivity contribution in [2.24, 2.45) is 11.3 Å². The molecule has 1 saturated carbocycles. The van der Waals surface area contributed by atoms with Gasteiger partial charge in [-0.1, -0.05) is 36.4 Å². The molecule has 2 aromatic carbocycles. The molecule has 1 aliphatic heterocycles. The molecule has 2 aliphatic rings. The van der Waals surface area contributed by atoms with E-state index in [0.717, 1.165) is 5.56 Å². The van der Waals surface area contributed by atoms with Crippen LogP contribution in [0.3, 0.4) is 0 Å². The number of halogens is 1. The minimum atomic E-state index is -0.706. The summed E-state index contributed by atoms with van der Waals surface area (Å²) in [6.45, 7) is 2.31. The van der Waals surface area contributed by atoms with E-state index in [1.807, 2.05) is 30.3 Å². The smallest absolute Gasteiger partial charge is 0.254 e. The first-order chi connectivity index (χ1) is 12.5. The Morgan fingerprint density at radius 1 is 1.27 bits per heavy atom. The molecule has 0 bridgehead atoms. The van der Waals surface area contributed by atoms with E-state index in [0.29, 0.717) is 17.7 Å². The summed E-state index contributed by atoms with van der Waals surface area (Å²) in [4.78, 5) is 14.5. The zero-order chi connectivity index (χ0) is 18.5. The van der Waals surface area contributed by atoms with Crippen LogP contribution in [-0.4, -0.2) is 46.8 Å². The molecule has 0 radical (unpaired) electrons. The predicted octanol–water partition coefficient (Wildman–Crippen LogP) is 2.34. The average molecular weight is 355 g/mol. The number of rotatable bonds is 3. The Balaban J connectivity index is 1.62. The number of benzene rings is 2. The van der Waals surface area contributed by atoms with Crippen molar-refractivity contribution in [3.8, 4) is 0 Å². The summed E-state index contributed by atoms with van der Waals surface area (Å²) in [5.41, 5.74) is 1.59. The van der Waals surface area contributed by atoms with Gasteiger partial charge in [-0.3, -0.25) is 4.79 Å². The van der Waals surface area contributed by atoms with Crippen LogP contribution in [0.15, 0.2) is 48.5 Å². The molecule has 1 amide bonds. The van der Waals surface area contributed by atoms with E-state index in [-0.39, 0.29) is 30.9 Å². The molecule has 2 N–H and O–H groups in total. The van der Waals surface area contributed by atoms with Gasteiger partial charge in [-0.2, -0.15) is 0 Å². The van der Waals surface area contributed by atoms with Crippen molar-refractivity contribution in [1.29, 1.82) is 0 Å². The zero-order valence-corrected chi connectivity index (χ0v) is 14.6. The highest BCUT2D eigenvalue weighted by Gasteiger charge is 2.71. The van der Waals surface area contributed by atoms with Gasteiger partial charge in [0.2, 0.25) is 0 Å². The highest BCUT2D eigenvalue weighted by molar-refractivity contribution is 5.96. The zero-order valence-electron chi connectivity index (χ0n) is 14.6. The van der Waals surface area contributed by atoms with E-state index in [2.05, 4.69) is 0 Å². The number of aryl methyl sites for hydroxylation is 1. The van der Waals surface area contributed by atoms with Gasteiger partial charge in [0.25, 0.3) is 5.91 Å². The molecule has 1 spiro atoms. The SMILES string of the molecule is Cc1ccc(F)cc1C(=O)N1C[C@@H](O)[C@@]2(C1)[C@H](CO)[C@H]2c1ccccc1. The number of amides is 1. The molecule has 2 fully saturated rings. The average Bonchev–Trinajstić information content (AvgIpc) is 3.18. The van der Waals surface area contributed by atoms with Crippen LogP contribution in [0.25, 0.3) is 0 Å². The molecule has 26 heavy (non-hydrogen) atoms. The summed E-state index contributed by atoms with van der Waals surface area (Å²) in [7, 11) is 0. The van der Waals surface area contributed by atoms with Crippen LogP contribution in [-0.2, 0) is 0 Å². The second-order valence-electron chi connectivity index (χ2n) is 7.45. The predicted molar refractivity (Wildman–Crippen MR) is 95.2 cm³/mol. The first-order valence-electron chi connectivity index (χ1n) is 8.88. The molecule has 1 saturated heterocycles. The minimum absolute atomic E-state index is 0.0232. The Kier molecular flexibility index (Phi) is 4.09. The summed E-state index contributed by atoms with van der Waals surface area (Å²) >= 11 is 0. The molecule has 4 nitrogen and oxygen atoms in total. The lowest BCUT2D eigenvalue weighted by Crippen LogP contribution is -2.30. The maximum absolute atomic E-state index is 13.6. The Labute approximate surface area is 151 Å². The number of aliphatic hydroxyl groups excluding tert-OH is 2. The molecular formula is C21H22FNO3. The molecule has 0 aromatic heterocycles. The first-order valence-corrected chi connectivity index (χ1v) is 8.88. The number of hydrogen-bond acceptors (Lipinski definition) is 3. The molecule has 136 valence electrons. The molecule has 4 atom stereocenters. The molecule has 1 heterocycles. The van der Waals surface area contributed by atoms with Crippen molar-refractivity contribution in [2.45, 2.75) is 18.9 Å². The molecule has 5 heteroatoms. The van der Waals surface area contributed by atoms with Gasteiger partial charge in [0.15, 0.2) is 0 Å². The molecular weight excluding hydrogens is 333 g/mol. The highest BCUT2D eigenvalue weighted by atomic mass is 19.1. The van der Waals surface area contributed by atoms with E-state index < -0.39 is 17.3 Å². The van der Waals surface area contributed by atoms with Gasteiger partial charge in [-0.25, -0.2) is 4.39 Å². The minimum Gasteiger partial charge on any atom is -0.396 e. The maximum Gasteiger partial charge on any atom is 0.254 e. The van der Waals surface area contributed by atoms with E-state index >= 15 is 0 Å². The number of β-amino-alcohol motifs (C(OH)–C–C–N with tert-alkyl or cyclic N) is 1.